The monoisotopic (exact) mass is 232 g/mol. The van der Waals surface area contributed by atoms with Gasteiger partial charge in [0.1, 0.15) is 5.75 Å². The number of anilines is 1. The Hall–Kier alpha value is -1.81. The molecule has 0 atom stereocenters. The summed E-state index contributed by atoms with van der Waals surface area (Å²) in [5.41, 5.74) is 1.05. The van der Waals surface area contributed by atoms with Crippen LogP contribution in [0.25, 0.3) is 12.2 Å². The summed E-state index contributed by atoms with van der Waals surface area (Å²) in [4.78, 5) is 5.27. The molecule has 1 aromatic carbocycles. The maximum absolute atomic E-state index is 9.14. The molecule has 0 fully saturated rings. The Kier molecular flexibility index (Phi) is 3.22. The third-order valence-corrected chi connectivity index (χ3v) is 3.05. The van der Waals surface area contributed by atoms with E-state index in [1.807, 2.05) is 37.5 Å². The molecule has 0 saturated carbocycles. The quantitative estimate of drug-likeness (QED) is 0.854. The Morgan fingerprint density at radius 2 is 2.00 bits per heavy atom. The zero-order chi connectivity index (χ0) is 11.4. The molecule has 82 valence electrons. The van der Waals surface area contributed by atoms with Gasteiger partial charge in [-0.15, -0.1) is 0 Å². The van der Waals surface area contributed by atoms with Gasteiger partial charge < -0.3 is 10.4 Å². The van der Waals surface area contributed by atoms with E-state index in [-0.39, 0.29) is 5.75 Å². The molecular weight excluding hydrogens is 220 g/mol. The maximum atomic E-state index is 9.14. The minimum atomic E-state index is 0.285. The Bertz CT molecular complexity index is 488. The molecule has 0 aliphatic rings. The number of hydrogen-bond acceptors (Lipinski definition) is 4. The zero-order valence-electron chi connectivity index (χ0n) is 8.84. The number of thiazole rings is 1. The first kappa shape index (κ1) is 10.7. The van der Waals surface area contributed by atoms with Crippen molar-refractivity contribution in [2.45, 2.75) is 0 Å². The van der Waals surface area contributed by atoms with Crippen molar-refractivity contribution in [1.29, 1.82) is 0 Å². The number of nitrogens with one attached hydrogen (secondary N) is 1. The Morgan fingerprint density at radius 1 is 1.25 bits per heavy atom. The summed E-state index contributed by atoms with van der Waals surface area (Å²) in [5, 5.41) is 13.0. The molecule has 0 unspecified atom stereocenters. The lowest BCUT2D eigenvalue weighted by Crippen LogP contribution is -1.83. The zero-order valence-corrected chi connectivity index (χ0v) is 9.66. The summed E-state index contributed by atoms with van der Waals surface area (Å²) in [6, 6.07) is 7.08. The van der Waals surface area contributed by atoms with Gasteiger partial charge in [0.15, 0.2) is 5.13 Å². The van der Waals surface area contributed by atoms with E-state index in [0.717, 1.165) is 15.6 Å². The van der Waals surface area contributed by atoms with Crippen molar-refractivity contribution < 1.29 is 5.11 Å². The molecule has 1 heterocycles. The molecule has 0 saturated heterocycles. The molecule has 0 aliphatic carbocycles. The first-order valence-corrected chi connectivity index (χ1v) is 5.70. The van der Waals surface area contributed by atoms with Crippen molar-refractivity contribution in [1.82, 2.24) is 4.98 Å². The highest BCUT2D eigenvalue weighted by atomic mass is 32.1. The summed E-state index contributed by atoms with van der Waals surface area (Å²) in [6.07, 6.45) is 5.82. The smallest absolute Gasteiger partial charge is 0.182 e. The van der Waals surface area contributed by atoms with Crippen LogP contribution in [0.2, 0.25) is 0 Å². The summed E-state index contributed by atoms with van der Waals surface area (Å²) < 4.78 is 0. The Balaban J connectivity index is 2.11. The molecular formula is C12H12N2OS. The lowest BCUT2D eigenvalue weighted by molar-refractivity contribution is 0.475. The highest BCUT2D eigenvalue weighted by Crippen LogP contribution is 2.20. The lowest BCUT2D eigenvalue weighted by atomic mass is 10.2. The molecule has 0 amide bonds. The molecule has 1 aromatic heterocycles. The van der Waals surface area contributed by atoms with E-state index in [9.17, 15) is 0 Å². The number of aromatic nitrogens is 1. The van der Waals surface area contributed by atoms with Crippen LogP contribution in [0.15, 0.2) is 30.5 Å². The molecule has 2 N–H and O–H groups in total. The third-order valence-electron chi connectivity index (χ3n) is 2.07. The van der Waals surface area contributed by atoms with Crippen LogP contribution in [0.3, 0.4) is 0 Å². The van der Waals surface area contributed by atoms with Gasteiger partial charge >= 0.3 is 0 Å². The van der Waals surface area contributed by atoms with E-state index in [0.29, 0.717) is 0 Å². The van der Waals surface area contributed by atoms with Crippen molar-refractivity contribution >= 4 is 28.6 Å². The van der Waals surface area contributed by atoms with Gasteiger partial charge in [0.25, 0.3) is 0 Å². The largest absolute Gasteiger partial charge is 0.508 e. The van der Waals surface area contributed by atoms with Gasteiger partial charge in [-0.2, -0.15) is 0 Å². The van der Waals surface area contributed by atoms with Gasteiger partial charge in [-0.05, 0) is 23.8 Å². The van der Waals surface area contributed by atoms with Gasteiger partial charge in [-0.3, -0.25) is 0 Å². The molecule has 3 nitrogen and oxygen atoms in total. The predicted molar refractivity (Wildman–Crippen MR) is 68.7 cm³/mol. The lowest BCUT2D eigenvalue weighted by Gasteiger charge is -1.93. The van der Waals surface area contributed by atoms with Crippen molar-refractivity contribution in [2.24, 2.45) is 0 Å². The fourth-order valence-electron chi connectivity index (χ4n) is 1.24. The summed E-state index contributed by atoms with van der Waals surface area (Å²) in [7, 11) is 1.85. The van der Waals surface area contributed by atoms with E-state index in [1.54, 1.807) is 23.5 Å². The average Bonchev–Trinajstić information content (AvgIpc) is 2.76. The number of aromatic hydroxyl groups is 1. The molecule has 16 heavy (non-hydrogen) atoms. The van der Waals surface area contributed by atoms with Gasteiger partial charge in [0.05, 0.1) is 0 Å². The van der Waals surface area contributed by atoms with Crippen molar-refractivity contribution in [3.05, 3.63) is 40.9 Å². The van der Waals surface area contributed by atoms with Crippen molar-refractivity contribution in [3.8, 4) is 5.75 Å². The van der Waals surface area contributed by atoms with Crippen LogP contribution in [-0.2, 0) is 0 Å². The van der Waals surface area contributed by atoms with E-state index in [1.165, 1.54) is 0 Å². The molecule has 2 aromatic rings. The van der Waals surface area contributed by atoms with Gasteiger partial charge in [0, 0.05) is 18.1 Å². The van der Waals surface area contributed by atoms with Crippen LogP contribution >= 0.6 is 11.3 Å². The van der Waals surface area contributed by atoms with Crippen LogP contribution in [0.4, 0.5) is 5.13 Å². The molecule has 0 bridgehead atoms. The van der Waals surface area contributed by atoms with Gasteiger partial charge in [-0.25, -0.2) is 4.98 Å². The van der Waals surface area contributed by atoms with Crippen LogP contribution in [0, 0.1) is 0 Å². The minimum Gasteiger partial charge on any atom is -0.508 e. The predicted octanol–water partition coefficient (Wildman–Crippen LogP) is 3.06. The number of phenolic OH excluding ortho intramolecular Hbond substituents is 1. The summed E-state index contributed by atoms with van der Waals surface area (Å²) in [5.74, 6) is 0.285. The van der Waals surface area contributed by atoms with E-state index < -0.39 is 0 Å². The molecule has 4 heteroatoms. The molecule has 0 radical (unpaired) electrons. The Morgan fingerprint density at radius 3 is 2.62 bits per heavy atom. The number of benzene rings is 1. The third kappa shape index (κ3) is 2.61. The second-order valence-corrected chi connectivity index (χ2v) is 4.30. The molecule has 0 spiro atoms. The molecule has 2 rings (SSSR count). The number of hydrogen-bond donors (Lipinski definition) is 2. The van der Waals surface area contributed by atoms with Crippen LogP contribution in [0.1, 0.15) is 10.4 Å². The molecule has 0 aliphatic heterocycles. The van der Waals surface area contributed by atoms with Crippen molar-refractivity contribution in [2.75, 3.05) is 12.4 Å². The topological polar surface area (TPSA) is 45.2 Å². The van der Waals surface area contributed by atoms with E-state index in [4.69, 9.17) is 5.11 Å². The second-order valence-electron chi connectivity index (χ2n) is 3.24. The average molecular weight is 232 g/mol. The summed E-state index contributed by atoms with van der Waals surface area (Å²) in [6.45, 7) is 0. The first-order chi connectivity index (χ1) is 7.78. The van der Waals surface area contributed by atoms with Crippen LogP contribution in [0.5, 0.6) is 5.75 Å². The number of rotatable bonds is 3. The van der Waals surface area contributed by atoms with Gasteiger partial charge in [-0.1, -0.05) is 29.5 Å². The van der Waals surface area contributed by atoms with Crippen molar-refractivity contribution in [3.63, 3.8) is 0 Å². The highest BCUT2D eigenvalue weighted by molar-refractivity contribution is 7.16. The highest BCUT2D eigenvalue weighted by Gasteiger charge is 1.95. The first-order valence-electron chi connectivity index (χ1n) is 4.88. The fourth-order valence-corrected chi connectivity index (χ4v) is 1.92. The van der Waals surface area contributed by atoms with E-state index in [2.05, 4.69) is 10.3 Å². The summed E-state index contributed by atoms with van der Waals surface area (Å²) >= 11 is 1.60. The van der Waals surface area contributed by atoms with Gasteiger partial charge in [0.2, 0.25) is 0 Å². The number of phenols is 1. The SMILES string of the molecule is CNc1ncc(/C=C/c2ccc(O)cc2)s1. The van der Waals surface area contributed by atoms with Crippen LogP contribution in [-0.4, -0.2) is 17.1 Å². The van der Waals surface area contributed by atoms with E-state index >= 15 is 0 Å². The minimum absolute atomic E-state index is 0.285. The number of nitrogens with zero attached hydrogens (tertiary/aromatic N) is 1. The Labute approximate surface area is 98.1 Å². The maximum Gasteiger partial charge on any atom is 0.182 e. The fraction of sp³-hybridized carbons (Fsp3) is 0.0833. The standard InChI is InChI=1S/C12H12N2OS/c1-13-12-14-8-11(16-12)7-4-9-2-5-10(15)6-3-9/h2-8,15H,1H3,(H,13,14)/b7-4+. The van der Waals surface area contributed by atoms with Crippen LogP contribution < -0.4 is 5.32 Å². The normalized spacial score (nSPS) is 10.8. The second kappa shape index (κ2) is 4.81.